The number of hydrogen-bond donors (Lipinski definition) is 0. The first-order valence-corrected chi connectivity index (χ1v) is 15.6. The van der Waals surface area contributed by atoms with E-state index in [4.69, 9.17) is 15.0 Å². The lowest BCUT2D eigenvalue weighted by molar-refractivity contribution is 0.722. The molecule has 1 aromatic heterocycles. The van der Waals surface area contributed by atoms with E-state index in [2.05, 4.69) is 91.0 Å². The van der Waals surface area contributed by atoms with Gasteiger partial charge in [-0.05, 0) is 45.5 Å². The maximum atomic E-state index is 5.02. The van der Waals surface area contributed by atoms with Crippen LogP contribution < -0.4 is 0 Å². The molecule has 2 heterocycles. The Morgan fingerprint density at radius 1 is 0.364 bits per heavy atom. The van der Waals surface area contributed by atoms with E-state index in [1.165, 1.54) is 43.2 Å². The van der Waals surface area contributed by atoms with Crippen molar-refractivity contribution in [3.8, 4) is 45.3 Å². The van der Waals surface area contributed by atoms with Crippen LogP contribution in [0.15, 0.2) is 161 Å². The van der Waals surface area contributed by atoms with Gasteiger partial charge in [-0.3, -0.25) is 0 Å². The summed E-state index contributed by atoms with van der Waals surface area (Å²) < 4.78 is 0. The fraction of sp³-hybridized carbons (Fsp3) is 0.0250. The maximum Gasteiger partial charge on any atom is 0.164 e. The monoisotopic (exact) mass is 579 g/mol. The molecule has 0 atom stereocenters. The van der Waals surface area contributed by atoms with E-state index >= 15 is 0 Å². The van der Waals surface area contributed by atoms with Crippen LogP contribution in [0.1, 0.15) is 22.3 Å². The summed E-state index contributed by atoms with van der Waals surface area (Å²) in [6.45, 7) is 0. The van der Waals surface area contributed by atoms with Crippen molar-refractivity contribution in [2.24, 2.45) is 0 Å². The number of benzene rings is 6. The normalized spacial score (nSPS) is 13.5. The summed E-state index contributed by atoms with van der Waals surface area (Å²) in [5.74, 6) is 2.00. The number of aromatic nitrogens is 3. The lowest BCUT2D eigenvalue weighted by Crippen LogP contribution is -2.31. The van der Waals surface area contributed by atoms with Gasteiger partial charge in [0.05, 0.1) is 5.41 Å². The summed E-state index contributed by atoms with van der Waals surface area (Å²) >= 11 is 1.83. The molecule has 4 heteroatoms. The van der Waals surface area contributed by atoms with Crippen LogP contribution in [0.5, 0.6) is 0 Å². The van der Waals surface area contributed by atoms with Crippen LogP contribution in [0.25, 0.3) is 45.3 Å². The molecule has 7 aromatic rings. The van der Waals surface area contributed by atoms with Gasteiger partial charge in [-0.15, -0.1) is 0 Å². The summed E-state index contributed by atoms with van der Waals surface area (Å²) in [5, 5.41) is 0. The standard InChI is InChI=1S/C40H25N3S/c1-3-13-26(14-4-1)37-41-38(27-15-5-2-6-16-27)43-39(42-37)28-23-24-34-36(25-28)44-35-22-12-11-21-33(35)40(34)31-19-9-7-17-29(31)30-18-8-10-20-32(30)40/h1-25H. The highest BCUT2D eigenvalue weighted by Crippen LogP contribution is 2.62. The van der Waals surface area contributed by atoms with Crippen molar-refractivity contribution in [1.29, 1.82) is 0 Å². The van der Waals surface area contributed by atoms with Gasteiger partial charge < -0.3 is 0 Å². The molecule has 0 N–H and O–H groups in total. The zero-order valence-electron chi connectivity index (χ0n) is 23.7. The van der Waals surface area contributed by atoms with Crippen LogP contribution in [0, 0.1) is 0 Å². The molecule has 0 saturated carbocycles. The van der Waals surface area contributed by atoms with Crippen molar-refractivity contribution in [3.63, 3.8) is 0 Å². The van der Waals surface area contributed by atoms with Crippen LogP contribution in [0.3, 0.4) is 0 Å². The molecular formula is C40H25N3S. The number of hydrogen-bond acceptors (Lipinski definition) is 4. The summed E-state index contributed by atoms with van der Waals surface area (Å²) in [4.78, 5) is 17.4. The van der Waals surface area contributed by atoms with Gasteiger partial charge >= 0.3 is 0 Å². The average molecular weight is 580 g/mol. The second-order valence-electron chi connectivity index (χ2n) is 11.2. The number of fused-ring (bicyclic) bond motifs is 9. The van der Waals surface area contributed by atoms with Crippen molar-refractivity contribution >= 4 is 11.8 Å². The molecule has 0 radical (unpaired) electrons. The van der Waals surface area contributed by atoms with E-state index in [0.29, 0.717) is 17.5 Å². The third-order valence-electron chi connectivity index (χ3n) is 8.81. The second kappa shape index (κ2) is 9.87. The van der Waals surface area contributed by atoms with Crippen LogP contribution in [-0.4, -0.2) is 15.0 Å². The molecule has 1 spiro atoms. The molecule has 44 heavy (non-hydrogen) atoms. The van der Waals surface area contributed by atoms with Gasteiger partial charge in [-0.2, -0.15) is 0 Å². The Morgan fingerprint density at radius 3 is 1.41 bits per heavy atom. The van der Waals surface area contributed by atoms with Crippen molar-refractivity contribution < 1.29 is 0 Å². The Balaban J connectivity index is 1.28. The van der Waals surface area contributed by atoms with Crippen molar-refractivity contribution in [2.75, 3.05) is 0 Å². The zero-order valence-corrected chi connectivity index (χ0v) is 24.5. The van der Waals surface area contributed by atoms with Gasteiger partial charge in [0.15, 0.2) is 17.5 Å². The van der Waals surface area contributed by atoms with Gasteiger partial charge in [-0.1, -0.05) is 151 Å². The SMILES string of the molecule is c1ccc(-c2nc(-c3ccccc3)nc(-c3ccc4c(c3)Sc3ccccc3C43c4ccccc4-c4ccccc43)n2)cc1. The smallest absolute Gasteiger partial charge is 0.164 e. The van der Waals surface area contributed by atoms with Gasteiger partial charge in [0.2, 0.25) is 0 Å². The highest BCUT2D eigenvalue weighted by Gasteiger charge is 2.50. The first-order chi connectivity index (χ1) is 21.8. The fourth-order valence-corrected chi connectivity index (χ4v) is 8.17. The van der Waals surface area contributed by atoms with E-state index in [1.54, 1.807) is 0 Å². The highest BCUT2D eigenvalue weighted by molar-refractivity contribution is 7.99. The molecule has 0 fully saturated rings. The predicted octanol–water partition coefficient (Wildman–Crippen LogP) is 9.70. The lowest BCUT2D eigenvalue weighted by atomic mass is 9.67. The Bertz CT molecular complexity index is 2110. The first kappa shape index (κ1) is 25.2. The van der Waals surface area contributed by atoms with Crippen molar-refractivity contribution in [1.82, 2.24) is 15.0 Å². The summed E-state index contributed by atoms with van der Waals surface area (Å²) in [6, 6.07) is 53.7. The van der Waals surface area contributed by atoms with Crippen molar-refractivity contribution in [2.45, 2.75) is 15.2 Å². The molecular weight excluding hydrogens is 555 g/mol. The van der Waals surface area contributed by atoms with E-state index in [0.717, 1.165) is 16.7 Å². The quantitative estimate of drug-likeness (QED) is 0.209. The summed E-state index contributed by atoms with van der Waals surface area (Å²) in [5.41, 5.74) is 10.4. The molecule has 1 aliphatic carbocycles. The topological polar surface area (TPSA) is 38.7 Å². The zero-order chi connectivity index (χ0) is 29.1. The second-order valence-corrected chi connectivity index (χ2v) is 12.3. The minimum atomic E-state index is -0.396. The maximum absolute atomic E-state index is 5.02. The minimum Gasteiger partial charge on any atom is -0.208 e. The Hall–Kier alpha value is -5.32. The fourth-order valence-electron chi connectivity index (χ4n) is 6.94. The molecule has 9 rings (SSSR count). The van der Waals surface area contributed by atoms with Gasteiger partial charge in [-0.25, -0.2) is 15.0 Å². The number of rotatable bonds is 3. The summed E-state index contributed by atoms with van der Waals surface area (Å²) in [7, 11) is 0. The predicted molar refractivity (Wildman–Crippen MR) is 178 cm³/mol. The lowest BCUT2D eigenvalue weighted by Gasteiger charge is -2.39. The largest absolute Gasteiger partial charge is 0.208 e. The minimum absolute atomic E-state index is 0.396. The Kier molecular flexibility index (Phi) is 5.65. The molecule has 1 aliphatic heterocycles. The van der Waals surface area contributed by atoms with Crippen LogP contribution in [-0.2, 0) is 5.41 Å². The van der Waals surface area contributed by atoms with E-state index in [9.17, 15) is 0 Å². The highest BCUT2D eigenvalue weighted by atomic mass is 32.2. The van der Waals surface area contributed by atoms with Gasteiger partial charge in [0.1, 0.15) is 0 Å². The van der Waals surface area contributed by atoms with E-state index < -0.39 is 5.41 Å². The van der Waals surface area contributed by atoms with Crippen LogP contribution in [0.4, 0.5) is 0 Å². The molecule has 0 unspecified atom stereocenters. The molecule has 0 amide bonds. The molecule has 206 valence electrons. The van der Waals surface area contributed by atoms with E-state index in [-0.39, 0.29) is 0 Å². The van der Waals surface area contributed by atoms with Gasteiger partial charge in [0, 0.05) is 26.5 Å². The molecule has 0 bridgehead atoms. The molecule has 2 aliphatic rings. The van der Waals surface area contributed by atoms with Crippen LogP contribution in [0.2, 0.25) is 0 Å². The first-order valence-electron chi connectivity index (χ1n) is 14.8. The molecule has 0 saturated heterocycles. The van der Waals surface area contributed by atoms with Gasteiger partial charge in [0.25, 0.3) is 0 Å². The summed E-state index contributed by atoms with van der Waals surface area (Å²) in [6.07, 6.45) is 0. The van der Waals surface area contributed by atoms with E-state index in [1.807, 2.05) is 72.4 Å². The number of nitrogens with zero attached hydrogens (tertiary/aromatic N) is 3. The third-order valence-corrected chi connectivity index (χ3v) is 9.94. The molecule has 3 nitrogen and oxygen atoms in total. The molecule has 6 aromatic carbocycles. The third kappa shape index (κ3) is 3.68. The average Bonchev–Trinajstić information content (AvgIpc) is 3.39. The van der Waals surface area contributed by atoms with Crippen LogP contribution >= 0.6 is 11.8 Å². The van der Waals surface area contributed by atoms with Crippen molar-refractivity contribution in [3.05, 3.63) is 174 Å². The Labute approximate surface area is 260 Å². The Morgan fingerprint density at radius 2 is 0.818 bits per heavy atom.